The van der Waals surface area contributed by atoms with Gasteiger partial charge in [0.05, 0.1) is 0 Å². The predicted molar refractivity (Wildman–Crippen MR) is 87.5 cm³/mol. The van der Waals surface area contributed by atoms with Crippen LogP contribution < -0.4 is 4.74 Å². The zero-order chi connectivity index (χ0) is 16.8. The lowest BCUT2D eigenvalue weighted by Gasteiger charge is -2.05. The molecule has 24 heavy (non-hydrogen) atoms. The highest BCUT2D eigenvalue weighted by Gasteiger charge is 2.09. The number of hydrogen-bond acceptors (Lipinski definition) is 4. The van der Waals surface area contributed by atoms with Crippen molar-refractivity contribution < 1.29 is 9.13 Å². The quantitative estimate of drug-likeness (QED) is 0.780. The van der Waals surface area contributed by atoms with Crippen molar-refractivity contribution in [3.63, 3.8) is 0 Å². The zero-order valence-electron chi connectivity index (χ0n) is 12.6. The fourth-order valence-corrected chi connectivity index (χ4v) is 2.14. The number of rotatable bonds is 5. The lowest BCUT2D eigenvalue weighted by Crippen LogP contribution is -1.93. The van der Waals surface area contributed by atoms with Gasteiger partial charge in [-0.05, 0) is 35.9 Å². The summed E-state index contributed by atoms with van der Waals surface area (Å²) in [7, 11) is 0. The summed E-state index contributed by atoms with van der Waals surface area (Å²) in [6.07, 6.45) is 3.70. The molecule has 118 valence electrons. The molecule has 0 atom stereocenters. The molecule has 1 aromatic heterocycles. The molecule has 0 amide bonds. The molecular weight excluding hydrogens is 307 g/mol. The second-order valence-corrected chi connectivity index (χ2v) is 4.94. The van der Waals surface area contributed by atoms with Crippen molar-refractivity contribution in [2.75, 3.05) is 6.61 Å². The Morgan fingerprint density at radius 3 is 2.83 bits per heavy atom. The molecule has 0 aliphatic carbocycles. The molecule has 5 nitrogen and oxygen atoms in total. The van der Waals surface area contributed by atoms with Crippen molar-refractivity contribution in [2.45, 2.75) is 0 Å². The van der Waals surface area contributed by atoms with Gasteiger partial charge in [0.1, 0.15) is 29.9 Å². The molecule has 3 rings (SSSR count). The van der Waals surface area contributed by atoms with Crippen LogP contribution in [0.4, 0.5) is 4.39 Å². The van der Waals surface area contributed by atoms with E-state index in [9.17, 15) is 4.39 Å². The number of aromatic nitrogens is 3. The highest BCUT2D eigenvalue weighted by atomic mass is 19.1. The molecule has 0 saturated heterocycles. The molecule has 1 heterocycles. The number of nitriles is 1. The molecule has 2 aromatic carbocycles. The van der Waals surface area contributed by atoms with Crippen molar-refractivity contribution in [3.05, 3.63) is 71.7 Å². The van der Waals surface area contributed by atoms with Crippen LogP contribution in [0.5, 0.6) is 5.75 Å². The zero-order valence-corrected chi connectivity index (χ0v) is 12.6. The summed E-state index contributed by atoms with van der Waals surface area (Å²) in [4.78, 5) is 0. The van der Waals surface area contributed by atoms with E-state index in [1.165, 1.54) is 12.1 Å². The van der Waals surface area contributed by atoms with E-state index in [2.05, 4.69) is 15.4 Å². The van der Waals surface area contributed by atoms with Gasteiger partial charge in [-0.15, -0.1) is 5.10 Å². The predicted octanol–water partition coefficient (Wildman–Crippen LogP) is 3.57. The number of halogens is 1. The first-order valence-corrected chi connectivity index (χ1v) is 7.23. The fourth-order valence-electron chi connectivity index (χ4n) is 2.14. The van der Waals surface area contributed by atoms with Crippen LogP contribution in [0.15, 0.2) is 54.6 Å². The van der Waals surface area contributed by atoms with Crippen molar-refractivity contribution in [1.82, 2.24) is 15.4 Å². The average Bonchev–Trinajstić information content (AvgIpc) is 3.09. The van der Waals surface area contributed by atoms with Crippen LogP contribution in [0.25, 0.3) is 17.3 Å². The molecule has 6 heteroatoms. The van der Waals surface area contributed by atoms with E-state index in [0.29, 0.717) is 23.7 Å². The third kappa shape index (κ3) is 3.65. The summed E-state index contributed by atoms with van der Waals surface area (Å²) in [5, 5.41) is 19.1. The Bertz CT molecular complexity index is 894. The van der Waals surface area contributed by atoms with Gasteiger partial charge in [0.15, 0.2) is 5.69 Å². The van der Waals surface area contributed by atoms with Gasteiger partial charge in [-0.1, -0.05) is 35.6 Å². The van der Waals surface area contributed by atoms with E-state index >= 15 is 0 Å². The molecule has 0 fully saturated rings. The minimum absolute atomic E-state index is 0.259. The largest absolute Gasteiger partial charge is 0.490 e. The van der Waals surface area contributed by atoms with Gasteiger partial charge in [0.2, 0.25) is 0 Å². The fraction of sp³-hybridized carbons (Fsp3) is 0.0556. The molecule has 0 saturated carbocycles. The maximum Gasteiger partial charge on any atom is 0.163 e. The maximum atomic E-state index is 12.8. The molecule has 0 aliphatic rings. The first kappa shape index (κ1) is 15.4. The van der Waals surface area contributed by atoms with E-state index in [1.54, 1.807) is 18.2 Å². The molecule has 1 N–H and O–H groups in total. The van der Waals surface area contributed by atoms with Crippen LogP contribution in [0.3, 0.4) is 0 Å². The first-order valence-electron chi connectivity index (χ1n) is 7.23. The van der Waals surface area contributed by atoms with Crippen LogP contribution in [-0.2, 0) is 0 Å². The van der Waals surface area contributed by atoms with Gasteiger partial charge in [0, 0.05) is 5.56 Å². The Kier molecular flexibility index (Phi) is 4.63. The SMILES string of the molecule is N#Cc1[nH]nnc1-c1cccc(OC/C=C/c2ccc(F)cc2)c1. The minimum atomic E-state index is -0.259. The van der Waals surface area contributed by atoms with Crippen molar-refractivity contribution in [1.29, 1.82) is 5.26 Å². The van der Waals surface area contributed by atoms with Gasteiger partial charge in [-0.25, -0.2) is 9.49 Å². The summed E-state index contributed by atoms with van der Waals surface area (Å²) in [5.41, 5.74) is 2.45. The topological polar surface area (TPSA) is 74.6 Å². The molecule has 0 aliphatic heterocycles. The Morgan fingerprint density at radius 1 is 1.21 bits per heavy atom. The van der Waals surface area contributed by atoms with Crippen LogP contribution >= 0.6 is 0 Å². The number of nitrogens with one attached hydrogen (secondary N) is 1. The van der Waals surface area contributed by atoms with E-state index in [-0.39, 0.29) is 5.82 Å². The van der Waals surface area contributed by atoms with Gasteiger partial charge >= 0.3 is 0 Å². The van der Waals surface area contributed by atoms with E-state index < -0.39 is 0 Å². The van der Waals surface area contributed by atoms with E-state index in [4.69, 9.17) is 10.00 Å². The first-order chi connectivity index (χ1) is 11.8. The van der Waals surface area contributed by atoms with Crippen molar-refractivity contribution >= 4 is 6.08 Å². The number of ether oxygens (including phenoxy) is 1. The number of hydrogen-bond donors (Lipinski definition) is 1. The van der Waals surface area contributed by atoms with Crippen LogP contribution in [0.1, 0.15) is 11.3 Å². The smallest absolute Gasteiger partial charge is 0.163 e. The minimum Gasteiger partial charge on any atom is -0.490 e. The Labute approximate surface area is 138 Å². The summed E-state index contributed by atoms with van der Waals surface area (Å²) in [5.74, 6) is 0.396. The number of H-pyrrole nitrogens is 1. The number of benzene rings is 2. The Hall–Kier alpha value is -3.46. The monoisotopic (exact) mass is 320 g/mol. The normalized spacial score (nSPS) is 10.7. The van der Waals surface area contributed by atoms with Crippen LogP contribution in [-0.4, -0.2) is 22.0 Å². The third-order valence-corrected chi connectivity index (χ3v) is 3.29. The molecular formula is C18H13FN4O. The van der Waals surface area contributed by atoms with Gasteiger partial charge in [-0.3, -0.25) is 0 Å². The molecule has 0 radical (unpaired) electrons. The Balaban J connectivity index is 1.65. The standard InChI is InChI=1S/C18H13FN4O/c19-15-8-6-13(7-9-15)3-2-10-24-16-5-1-4-14(11-16)18-17(12-20)21-23-22-18/h1-9,11H,10H2,(H,21,22,23)/b3-2+. The third-order valence-electron chi connectivity index (χ3n) is 3.29. The molecule has 0 spiro atoms. The summed E-state index contributed by atoms with van der Waals surface area (Å²) < 4.78 is 18.5. The lowest BCUT2D eigenvalue weighted by atomic mass is 10.1. The number of aromatic amines is 1. The second kappa shape index (κ2) is 7.20. The van der Waals surface area contributed by atoms with Gasteiger partial charge in [0.25, 0.3) is 0 Å². The summed E-state index contributed by atoms with van der Waals surface area (Å²) >= 11 is 0. The van der Waals surface area contributed by atoms with E-state index in [0.717, 1.165) is 11.1 Å². The molecule has 0 bridgehead atoms. The van der Waals surface area contributed by atoms with Crippen molar-refractivity contribution in [2.24, 2.45) is 0 Å². The van der Waals surface area contributed by atoms with Gasteiger partial charge in [-0.2, -0.15) is 5.26 Å². The molecule has 0 unspecified atom stereocenters. The van der Waals surface area contributed by atoms with Crippen LogP contribution in [0.2, 0.25) is 0 Å². The Morgan fingerprint density at radius 2 is 2.04 bits per heavy atom. The maximum absolute atomic E-state index is 12.8. The van der Waals surface area contributed by atoms with Gasteiger partial charge < -0.3 is 4.74 Å². The summed E-state index contributed by atoms with van der Waals surface area (Å²) in [6, 6.07) is 15.5. The lowest BCUT2D eigenvalue weighted by molar-refractivity contribution is 0.364. The number of nitrogens with zero attached hydrogens (tertiary/aromatic N) is 3. The second-order valence-electron chi connectivity index (χ2n) is 4.94. The highest BCUT2D eigenvalue weighted by Crippen LogP contribution is 2.23. The summed E-state index contributed by atoms with van der Waals surface area (Å²) in [6.45, 7) is 0.366. The highest BCUT2D eigenvalue weighted by molar-refractivity contribution is 5.65. The van der Waals surface area contributed by atoms with Crippen LogP contribution in [0, 0.1) is 17.1 Å². The van der Waals surface area contributed by atoms with E-state index in [1.807, 2.05) is 36.4 Å². The average molecular weight is 320 g/mol. The van der Waals surface area contributed by atoms with Crippen molar-refractivity contribution in [3.8, 4) is 23.1 Å². The molecule has 3 aromatic rings.